The minimum absolute atomic E-state index is 0.230. The van der Waals surface area contributed by atoms with Crippen molar-refractivity contribution in [3.63, 3.8) is 0 Å². The van der Waals surface area contributed by atoms with Crippen molar-refractivity contribution < 1.29 is 14.3 Å². The minimum Gasteiger partial charge on any atom is -0.443 e. The summed E-state index contributed by atoms with van der Waals surface area (Å²) >= 11 is 1.50. The van der Waals surface area contributed by atoms with E-state index < -0.39 is 12.1 Å². The highest BCUT2D eigenvalue weighted by atomic mass is 32.1. The third-order valence-electron chi connectivity index (χ3n) is 4.44. The Kier molecular flexibility index (Phi) is 4.10. The summed E-state index contributed by atoms with van der Waals surface area (Å²) in [6, 6.07) is 11.4. The maximum atomic E-state index is 12.5. The molecule has 2 aliphatic rings. The van der Waals surface area contributed by atoms with Gasteiger partial charge in [-0.15, -0.1) is 11.3 Å². The number of benzene rings is 1. The summed E-state index contributed by atoms with van der Waals surface area (Å²) < 4.78 is 5.61. The van der Waals surface area contributed by atoms with Gasteiger partial charge in [-0.3, -0.25) is 4.79 Å². The average molecular weight is 341 g/mol. The van der Waals surface area contributed by atoms with Crippen molar-refractivity contribution in [3.05, 3.63) is 57.3 Å². The summed E-state index contributed by atoms with van der Waals surface area (Å²) in [6.45, 7) is 0. The number of rotatable bonds is 5. The molecule has 1 amide bonds. The molecule has 0 aliphatic heterocycles. The highest BCUT2D eigenvalue weighted by Crippen LogP contribution is 2.32. The van der Waals surface area contributed by atoms with Crippen LogP contribution in [0, 0.1) is 0 Å². The second-order valence-electron chi connectivity index (χ2n) is 6.39. The van der Waals surface area contributed by atoms with Gasteiger partial charge >= 0.3 is 5.97 Å². The van der Waals surface area contributed by atoms with E-state index in [1.165, 1.54) is 21.8 Å². The Morgan fingerprint density at radius 2 is 1.96 bits per heavy atom. The molecule has 2 aromatic rings. The number of thiophene rings is 1. The highest BCUT2D eigenvalue weighted by molar-refractivity contribution is 7.14. The van der Waals surface area contributed by atoms with Gasteiger partial charge in [0.25, 0.3) is 5.91 Å². The molecule has 1 saturated carbocycles. The molecule has 1 fully saturated rings. The number of fused-ring (bicyclic) bond motifs is 1. The Morgan fingerprint density at radius 3 is 2.67 bits per heavy atom. The third-order valence-corrected chi connectivity index (χ3v) is 5.65. The van der Waals surface area contributed by atoms with Crippen molar-refractivity contribution in [2.24, 2.45) is 0 Å². The van der Waals surface area contributed by atoms with Gasteiger partial charge < -0.3 is 10.1 Å². The monoisotopic (exact) mass is 341 g/mol. The van der Waals surface area contributed by atoms with E-state index in [0.717, 1.165) is 32.1 Å². The standard InChI is InChI=1S/C19H19NO3S/c21-18(20-14-9-10-14)17(12-5-2-1-3-6-12)23-19(22)16-11-13-7-4-8-15(13)24-16/h1-3,5-6,11,14,17H,4,7-10H2,(H,20,21)/t17-/m0/s1. The SMILES string of the molecule is O=C(O[C@H](C(=O)NC1CC1)c1ccccc1)c1cc2c(s1)CCC2. The smallest absolute Gasteiger partial charge is 0.349 e. The van der Waals surface area contributed by atoms with E-state index in [9.17, 15) is 9.59 Å². The van der Waals surface area contributed by atoms with Crippen LogP contribution < -0.4 is 5.32 Å². The van der Waals surface area contributed by atoms with Crippen LogP contribution >= 0.6 is 11.3 Å². The van der Waals surface area contributed by atoms with Crippen molar-refractivity contribution >= 4 is 23.2 Å². The number of aryl methyl sites for hydroxylation is 2. The molecule has 4 rings (SSSR count). The van der Waals surface area contributed by atoms with Gasteiger partial charge in [-0.1, -0.05) is 30.3 Å². The fourth-order valence-electron chi connectivity index (χ4n) is 3.00. The van der Waals surface area contributed by atoms with Crippen LogP contribution in [-0.4, -0.2) is 17.9 Å². The van der Waals surface area contributed by atoms with E-state index in [-0.39, 0.29) is 11.9 Å². The fourth-order valence-corrected chi connectivity index (χ4v) is 4.14. The number of esters is 1. The summed E-state index contributed by atoms with van der Waals surface area (Å²) in [5.41, 5.74) is 1.96. The molecule has 124 valence electrons. The maximum absolute atomic E-state index is 12.5. The van der Waals surface area contributed by atoms with Crippen molar-refractivity contribution in [1.29, 1.82) is 0 Å². The molecular formula is C19H19NO3S. The van der Waals surface area contributed by atoms with Gasteiger partial charge in [0.2, 0.25) is 6.10 Å². The van der Waals surface area contributed by atoms with Crippen molar-refractivity contribution in [2.45, 2.75) is 44.2 Å². The van der Waals surface area contributed by atoms with Crippen LogP contribution in [0.2, 0.25) is 0 Å². The van der Waals surface area contributed by atoms with Gasteiger partial charge in [0.15, 0.2) is 0 Å². The third kappa shape index (κ3) is 3.22. The lowest BCUT2D eigenvalue weighted by Gasteiger charge is -2.17. The van der Waals surface area contributed by atoms with Gasteiger partial charge in [-0.25, -0.2) is 4.79 Å². The van der Waals surface area contributed by atoms with Gasteiger partial charge in [0.1, 0.15) is 4.88 Å². The van der Waals surface area contributed by atoms with E-state index in [1.807, 2.05) is 36.4 Å². The Balaban J connectivity index is 1.53. The molecule has 0 unspecified atom stereocenters. The number of ether oxygens (including phenoxy) is 1. The molecular weight excluding hydrogens is 322 g/mol. The Morgan fingerprint density at radius 1 is 1.17 bits per heavy atom. The fraction of sp³-hybridized carbons (Fsp3) is 0.368. The number of carbonyl (C=O) groups excluding carboxylic acids is 2. The average Bonchev–Trinajstić information content (AvgIpc) is 3.13. The molecule has 1 atom stereocenters. The quantitative estimate of drug-likeness (QED) is 0.848. The summed E-state index contributed by atoms with van der Waals surface area (Å²) in [4.78, 5) is 26.9. The molecule has 0 radical (unpaired) electrons. The Labute approximate surface area is 144 Å². The summed E-state index contributed by atoms with van der Waals surface area (Å²) in [5, 5.41) is 2.94. The first-order valence-corrected chi connectivity index (χ1v) is 9.20. The van der Waals surface area contributed by atoms with Crippen LogP contribution in [0.1, 0.15) is 51.0 Å². The van der Waals surface area contributed by atoms with Crippen LogP contribution in [0.4, 0.5) is 0 Å². The predicted molar refractivity (Wildman–Crippen MR) is 92.1 cm³/mol. The van der Waals surface area contributed by atoms with Crippen molar-refractivity contribution in [2.75, 3.05) is 0 Å². The Hall–Kier alpha value is -2.14. The molecule has 4 nitrogen and oxygen atoms in total. The molecule has 1 aromatic heterocycles. The number of carbonyl (C=O) groups is 2. The van der Waals surface area contributed by atoms with Crippen molar-refractivity contribution in [1.82, 2.24) is 5.32 Å². The lowest BCUT2D eigenvalue weighted by Crippen LogP contribution is -2.33. The molecule has 1 N–H and O–H groups in total. The first kappa shape index (κ1) is 15.4. The molecule has 1 aromatic carbocycles. The Bertz CT molecular complexity index is 743. The lowest BCUT2D eigenvalue weighted by atomic mass is 10.1. The second kappa shape index (κ2) is 6.40. The van der Waals surface area contributed by atoms with Crippen LogP contribution in [0.5, 0.6) is 0 Å². The van der Waals surface area contributed by atoms with E-state index >= 15 is 0 Å². The van der Waals surface area contributed by atoms with Gasteiger partial charge in [-0.2, -0.15) is 0 Å². The zero-order valence-electron chi connectivity index (χ0n) is 13.3. The highest BCUT2D eigenvalue weighted by Gasteiger charge is 2.31. The number of hydrogen-bond acceptors (Lipinski definition) is 4. The van der Waals surface area contributed by atoms with E-state index in [1.54, 1.807) is 0 Å². The second-order valence-corrected chi connectivity index (χ2v) is 7.53. The van der Waals surface area contributed by atoms with Crippen LogP contribution in [0.25, 0.3) is 0 Å². The molecule has 0 bridgehead atoms. The maximum Gasteiger partial charge on any atom is 0.349 e. The van der Waals surface area contributed by atoms with Crippen LogP contribution in [0.3, 0.4) is 0 Å². The van der Waals surface area contributed by atoms with Crippen molar-refractivity contribution in [3.8, 4) is 0 Å². The summed E-state index contributed by atoms with van der Waals surface area (Å²) in [6.07, 6.45) is 4.34. The minimum atomic E-state index is -0.892. The molecule has 0 spiro atoms. The van der Waals surface area contributed by atoms with Gasteiger partial charge in [0.05, 0.1) is 0 Å². The first-order chi connectivity index (χ1) is 11.7. The lowest BCUT2D eigenvalue weighted by molar-refractivity contribution is -0.130. The molecule has 5 heteroatoms. The normalized spacial score (nSPS) is 17.2. The molecule has 2 aliphatic carbocycles. The number of hydrogen-bond donors (Lipinski definition) is 1. The van der Waals surface area contributed by atoms with E-state index in [2.05, 4.69) is 5.32 Å². The van der Waals surface area contributed by atoms with E-state index in [4.69, 9.17) is 4.74 Å². The summed E-state index contributed by atoms with van der Waals surface area (Å²) in [7, 11) is 0. The molecule has 0 saturated heterocycles. The number of amides is 1. The number of nitrogens with one attached hydrogen (secondary N) is 1. The van der Waals surface area contributed by atoms with E-state index in [0.29, 0.717) is 10.4 Å². The van der Waals surface area contributed by atoms with Gasteiger partial charge in [0, 0.05) is 16.5 Å². The van der Waals surface area contributed by atoms with Crippen LogP contribution in [-0.2, 0) is 22.4 Å². The predicted octanol–water partition coefficient (Wildman–Crippen LogP) is 3.41. The largest absolute Gasteiger partial charge is 0.443 e. The zero-order chi connectivity index (χ0) is 16.5. The first-order valence-electron chi connectivity index (χ1n) is 8.38. The summed E-state index contributed by atoms with van der Waals surface area (Å²) in [5.74, 6) is -0.643. The molecule has 24 heavy (non-hydrogen) atoms. The topological polar surface area (TPSA) is 55.4 Å². The van der Waals surface area contributed by atoms with Crippen LogP contribution in [0.15, 0.2) is 36.4 Å². The van der Waals surface area contributed by atoms with Gasteiger partial charge in [-0.05, 0) is 43.7 Å². The zero-order valence-corrected chi connectivity index (χ0v) is 14.1. The molecule has 1 heterocycles.